The number of carbonyl (C=O) groups is 3. The molecule has 1 saturated heterocycles. The zero-order valence-corrected chi connectivity index (χ0v) is 35.5. The van der Waals surface area contributed by atoms with Gasteiger partial charge in [-0.2, -0.15) is 5.06 Å². The molecule has 9 atom stereocenters. The molecule has 1 heterocycles. The minimum atomic E-state index is -1.99. The molecule has 3 amide bonds. The van der Waals surface area contributed by atoms with Crippen LogP contribution in [0.3, 0.4) is 0 Å². The number of azide groups is 1. The summed E-state index contributed by atoms with van der Waals surface area (Å²) in [7, 11) is 4.85. The van der Waals surface area contributed by atoms with Crippen molar-refractivity contribution in [3.8, 4) is 16.9 Å². The maximum atomic E-state index is 14.9. The first-order valence-electron chi connectivity index (χ1n) is 20.3. The molecule has 0 radical (unpaired) electrons. The fourth-order valence-electron chi connectivity index (χ4n) is 9.63. The number of para-hydroxylation sites is 1. The molecule has 7 rings (SSSR count). The average Bonchev–Trinajstić information content (AvgIpc) is 3.61. The topological polar surface area (TPSA) is 215 Å². The van der Waals surface area contributed by atoms with Crippen LogP contribution < -0.4 is 26.0 Å². The van der Waals surface area contributed by atoms with Crippen LogP contribution in [-0.4, -0.2) is 91.1 Å². The quantitative estimate of drug-likeness (QED) is 0.0433. The van der Waals surface area contributed by atoms with Gasteiger partial charge in [-0.1, -0.05) is 44.1 Å². The first-order valence-corrected chi connectivity index (χ1v) is 20.3. The molecule has 4 fully saturated rings. The molecule has 0 aromatic heterocycles. The molecule has 3 aliphatic carbocycles. The van der Waals surface area contributed by atoms with Gasteiger partial charge in [0.15, 0.2) is 23.3 Å². The number of carbonyl (C=O) groups excluding carboxylic acids is 3. The number of aliphatic hydroxyl groups is 2. The van der Waals surface area contributed by atoms with E-state index in [1.165, 1.54) is 24.3 Å². The highest BCUT2D eigenvalue weighted by atomic mass is 19.2. The van der Waals surface area contributed by atoms with Gasteiger partial charge in [0.25, 0.3) is 5.91 Å². The van der Waals surface area contributed by atoms with Crippen molar-refractivity contribution in [2.75, 3.05) is 32.7 Å². The van der Waals surface area contributed by atoms with Gasteiger partial charge >= 0.3 is 0 Å². The fourth-order valence-corrected chi connectivity index (χ4v) is 9.63. The minimum absolute atomic E-state index is 0.0214. The third-order valence-electron chi connectivity index (χ3n) is 13.2. The monoisotopic (exact) mass is 868 g/mol. The number of rotatable bonds is 15. The number of hydroxylamine groups is 2. The number of halogens is 4. The van der Waals surface area contributed by atoms with Gasteiger partial charge in [0.05, 0.1) is 26.4 Å². The van der Waals surface area contributed by atoms with Crippen molar-refractivity contribution in [3.63, 3.8) is 0 Å². The van der Waals surface area contributed by atoms with E-state index in [2.05, 4.69) is 41.4 Å². The lowest BCUT2D eigenvalue weighted by molar-refractivity contribution is -0.183. The van der Waals surface area contributed by atoms with E-state index in [9.17, 15) is 42.2 Å². The number of nitrogens with one attached hydrogen (secondary N) is 2. The molecule has 0 spiro atoms. The maximum Gasteiger partial charge on any atom is 0.252 e. The molecule has 0 unspecified atom stereocenters. The summed E-state index contributed by atoms with van der Waals surface area (Å²) in [6, 6.07) is 6.97. The highest BCUT2D eigenvalue weighted by Crippen LogP contribution is 2.61. The van der Waals surface area contributed by atoms with Crippen LogP contribution >= 0.6 is 0 Å². The zero-order valence-electron chi connectivity index (χ0n) is 35.5. The van der Waals surface area contributed by atoms with E-state index < -0.39 is 89.6 Å². The summed E-state index contributed by atoms with van der Waals surface area (Å²) < 4.78 is 64.9. The second-order valence-corrected chi connectivity index (χ2v) is 17.3. The summed E-state index contributed by atoms with van der Waals surface area (Å²) in [5.41, 5.74) is 13.4. The van der Waals surface area contributed by atoms with E-state index in [4.69, 9.17) is 20.8 Å². The summed E-state index contributed by atoms with van der Waals surface area (Å²) in [5.74, 6) is -9.65. The lowest BCUT2D eigenvalue weighted by Gasteiger charge is -2.62. The Kier molecular flexibility index (Phi) is 13.4. The molecule has 62 heavy (non-hydrogen) atoms. The van der Waals surface area contributed by atoms with Crippen LogP contribution in [0.25, 0.3) is 21.6 Å². The molecule has 19 heteroatoms. The van der Waals surface area contributed by atoms with Crippen molar-refractivity contribution in [2.24, 2.45) is 39.9 Å². The van der Waals surface area contributed by atoms with Crippen molar-refractivity contribution in [1.82, 2.24) is 15.7 Å². The Morgan fingerprint density at radius 3 is 2.34 bits per heavy atom. The van der Waals surface area contributed by atoms with Crippen LogP contribution in [0.5, 0.6) is 5.75 Å². The Hall–Kier alpha value is -5.46. The fraction of sp³-hybridized carbons (Fsp3) is 0.512. The van der Waals surface area contributed by atoms with Crippen LogP contribution in [-0.2, 0) is 27.4 Å². The predicted octanol–water partition coefficient (Wildman–Crippen LogP) is 5.41. The van der Waals surface area contributed by atoms with E-state index in [-0.39, 0.29) is 35.4 Å². The predicted molar refractivity (Wildman–Crippen MR) is 220 cm³/mol. The van der Waals surface area contributed by atoms with Gasteiger partial charge < -0.3 is 36.2 Å². The minimum Gasteiger partial charge on any atom is -0.496 e. The van der Waals surface area contributed by atoms with Crippen LogP contribution in [0, 0.1) is 52.4 Å². The van der Waals surface area contributed by atoms with Crippen LogP contribution in [0.1, 0.15) is 62.0 Å². The first-order chi connectivity index (χ1) is 29.2. The SMILES string of the molecule is COc1c(CN2O[C@@H](CO)[C@@H]([C@H](C)O)[C@H]2C(=O)N[C@H]2C[C@@H]3C[C@H]([C@@H]2C)C3(C)C)cccc1-c1cc(C(=O)N[C@@H](Cc2c(F)c(F)c(N=[N+]=[N-])c(F)c2F)C(N)=O)cc(N(C)C)c1. The van der Waals surface area contributed by atoms with Gasteiger partial charge in [0.1, 0.15) is 29.6 Å². The van der Waals surface area contributed by atoms with Crippen molar-refractivity contribution in [3.05, 3.63) is 86.8 Å². The van der Waals surface area contributed by atoms with Crippen molar-refractivity contribution in [1.29, 1.82) is 0 Å². The average molecular weight is 869 g/mol. The molecule has 3 saturated carbocycles. The van der Waals surface area contributed by atoms with Gasteiger partial charge in [-0.3, -0.25) is 19.2 Å². The van der Waals surface area contributed by atoms with Crippen molar-refractivity contribution < 1.29 is 51.7 Å². The molecular formula is C43H52F4N8O7. The van der Waals surface area contributed by atoms with Crippen LogP contribution in [0.4, 0.5) is 28.9 Å². The number of ether oxygens (including phenoxy) is 1. The largest absolute Gasteiger partial charge is 0.496 e. The molecule has 3 aromatic carbocycles. The molecule has 6 N–H and O–H groups in total. The number of fused-ring (bicyclic) bond motifs is 2. The first kappa shape index (κ1) is 46.1. The number of benzene rings is 3. The van der Waals surface area contributed by atoms with Gasteiger partial charge in [0.2, 0.25) is 11.8 Å². The summed E-state index contributed by atoms with van der Waals surface area (Å²) >= 11 is 0. The Morgan fingerprint density at radius 1 is 1.11 bits per heavy atom. The number of nitrogens with zero attached hydrogens (tertiary/aromatic N) is 5. The highest BCUT2D eigenvalue weighted by Gasteiger charge is 2.57. The number of methoxy groups -OCH3 is 1. The molecule has 4 aliphatic rings. The lowest BCUT2D eigenvalue weighted by atomic mass is 9.45. The highest BCUT2D eigenvalue weighted by molar-refractivity contribution is 5.99. The Balaban J connectivity index is 1.30. The lowest BCUT2D eigenvalue weighted by Crippen LogP contribution is -2.62. The number of primary amides is 1. The number of anilines is 1. The third-order valence-corrected chi connectivity index (χ3v) is 13.2. The second kappa shape index (κ2) is 18.1. The van der Waals surface area contributed by atoms with Gasteiger partial charge in [-0.05, 0) is 72.2 Å². The van der Waals surface area contributed by atoms with E-state index in [0.717, 1.165) is 12.8 Å². The van der Waals surface area contributed by atoms with Gasteiger partial charge in [-0.15, -0.1) is 0 Å². The molecular weight excluding hydrogens is 817 g/mol. The van der Waals surface area contributed by atoms with Crippen LogP contribution in [0.2, 0.25) is 0 Å². The molecule has 1 aliphatic heterocycles. The zero-order chi connectivity index (χ0) is 45.5. The standard InChI is InChI=1S/C43H52F4N8O7/c1-19-28-14-24(43(28,3)4)15-29(19)50-42(60)38-32(20(2)57)31(18-56)62-55(38)17-21-9-8-10-26(39(21)61-7)22-11-23(13-25(12-22)54(5)6)41(59)51-30(40(48)58)16-27-33(44)35(46)37(52-53-49)36(47)34(27)45/h8-13,19-20,24,28-32,38,56-57H,14-18H2,1-7H3,(H2,48,58)(H,50,60)(H,51,59)/t19-,20-,24-,28+,29-,30-,31-,32+,38-/m0/s1. The Labute approximate surface area is 356 Å². The number of hydrogen-bond acceptors (Lipinski definition) is 10. The number of amides is 3. The summed E-state index contributed by atoms with van der Waals surface area (Å²) in [5, 5.41) is 31.0. The molecule has 3 aromatic rings. The van der Waals surface area contributed by atoms with E-state index in [1.807, 2.05) is 0 Å². The normalized spacial score (nSPS) is 24.9. The van der Waals surface area contributed by atoms with Crippen molar-refractivity contribution >= 4 is 29.1 Å². The molecule has 15 nitrogen and oxygen atoms in total. The molecule has 2 bridgehead atoms. The smallest absolute Gasteiger partial charge is 0.252 e. The van der Waals surface area contributed by atoms with Gasteiger partial charge in [-0.25, -0.2) is 17.6 Å². The van der Waals surface area contributed by atoms with Crippen LogP contribution in [0.15, 0.2) is 41.5 Å². The summed E-state index contributed by atoms with van der Waals surface area (Å²) in [6.07, 6.45) is -1.04. The number of hydrogen-bond donors (Lipinski definition) is 5. The number of aliphatic hydroxyl groups excluding tert-OH is 2. The number of nitrogens with two attached hydrogens (primary N) is 1. The molecule has 334 valence electrons. The Bertz CT molecular complexity index is 2260. The van der Waals surface area contributed by atoms with E-state index in [1.54, 1.807) is 50.2 Å². The maximum absolute atomic E-state index is 14.9. The summed E-state index contributed by atoms with van der Waals surface area (Å²) in [4.78, 5) is 50.6. The van der Waals surface area contributed by atoms with E-state index in [0.29, 0.717) is 40.0 Å². The second-order valence-electron chi connectivity index (χ2n) is 17.3. The Morgan fingerprint density at radius 2 is 1.79 bits per heavy atom. The third kappa shape index (κ3) is 8.51. The van der Waals surface area contributed by atoms with Gasteiger partial charge in [0, 0.05) is 65.3 Å². The van der Waals surface area contributed by atoms with Crippen molar-refractivity contribution in [2.45, 2.75) is 83.8 Å². The summed E-state index contributed by atoms with van der Waals surface area (Å²) in [6.45, 7) is 7.79. The van der Waals surface area contributed by atoms with E-state index >= 15 is 0 Å².